The van der Waals surface area contributed by atoms with Gasteiger partial charge in [-0.15, -0.1) is 0 Å². The second-order valence-electron chi connectivity index (χ2n) is 8.09. The molecule has 6 nitrogen and oxygen atoms in total. The third-order valence-corrected chi connectivity index (χ3v) is 5.36. The summed E-state index contributed by atoms with van der Waals surface area (Å²) in [7, 11) is 0. The minimum atomic E-state index is -0.333. The Labute approximate surface area is 192 Å². The molecule has 0 spiro atoms. The van der Waals surface area contributed by atoms with Crippen molar-refractivity contribution in [3.63, 3.8) is 0 Å². The summed E-state index contributed by atoms with van der Waals surface area (Å²) in [5, 5.41) is 2.76. The van der Waals surface area contributed by atoms with Crippen LogP contribution in [0.25, 0.3) is 0 Å². The molecular formula is C26H26FN3O3. The SMILES string of the molecule is Cc1ccc(CN(Cc2ccc(F)cc2)Cc2nc(C(=O)NCc3ccco3)co2)c(C)c1. The van der Waals surface area contributed by atoms with Gasteiger partial charge in [-0.3, -0.25) is 9.69 Å². The molecule has 4 aromatic rings. The van der Waals surface area contributed by atoms with Crippen LogP contribution >= 0.6 is 0 Å². The summed E-state index contributed by atoms with van der Waals surface area (Å²) in [5.41, 5.74) is 4.78. The molecule has 2 heterocycles. The third-order valence-electron chi connectivity index (χ3n) is 5.36. The van der Waals surface area contributed by atoms with E-state index in [1.807, 2.05) is 0 Å². The monoisotopic (exact) mass is 447 g/mol. The first-order valence-electron chi connectivity index (χ1n) is 10.7. The highest BCUT2D eigenvalue weighted by molar-refractivity contribution is 5.91. The number of nitrogens with zero attached hydrogens (tertiary/aromatic N) is 2. The predicted molar refractivity (Wildman–Crippen MR) is 122 cm³/mol. The molecule has 0 saturated carbocycles. The average Bonchev–Trinajstić information content (AvgIpc) is 3.48. The molecule has 0 bridgehead atoms. The van der Waals surface area contributed by atoms with Crippen LogP contribution in [0.5, 0.6) is 0 Å². The second kappa shape index (κ2) is 10.3. The molecule has 4 rings (SSSR count). The van der Waals surface area contributed by atoms with Crippen LogP contribution in [-0.2, 0) is 26.2 Å². The predicted octanol–water partition coefficient (Wildman–Crippen LogP) is 5.16. The second-order valence-corrected chi connectivity index (χ2v) is 8.09. The summed E-state index contributed by atoms with van der Waals surface area (Å²) in [6, 6.07) is 16.4. The molecule has 1 amide bonds. The molecule has 2 aromatic heterocycles. The average molecular weight is 448 g/mol. The standard InChI is InChI=1S/C26H26FN3O3/c1-18-5-8-21(19(2)12-18)15-30(14-20-6-9-22(27)10-7-20)16-25-29-24(17-33-25)26(31)28-13-23-4-3-11-32-23/h3-12,17H,13-16H2,1-2H3,(H,28,31). The van der Waals surface area contributed by atoms with Gasteiger partial charge in [0.05, 0.1) is 19.4 Å². The van der Waals surface area contributed by atoms with E-state index in [4.69, 9.17) is 8.83 Å². The number of oxazole rings is 1. The highest BCUT2D eigenvalue weighted by Crippen LogP contribution is 2.18. The highest BCUT2D eigenvalue weighted by atomic mass is 19.1. The van der Waals surface area contributed by atoms with Crippen molar-refractivity contribution in [2.45, 2.75) is 40.0 Å². The van der Waals surface area contributed by atoms with E-state index in [1.165, 1.54) is 35.1 Å². The van der Waals surface area contributed by atoms with Crippen molar-refractivity contribution in [2.24, 2.45) is 0 Å². The van der Waals surface area contributed by atoms with Crippen LogP contribution < -0.4 is 5.32 Å². The maximum atomic E-state index is 13.4. The van der Waals surface area contributed by atoms with Gasteiger partial charge in [0, 0.05) is 13.1 Å². The van der Waals surface area contributed by atoms with E-state index >= 15 is 0 Å². The number of rotatable bonds is 9. The number of hydrogen-bond acceptors (Lipinski definition) is 5. The van der Waals surface area contributed by atoms with Crippen molar-refractivity contribution in [2.75, 3.05) is 0 Å². The summed E-state index contributed by atoms with van der Waals surface area (Å²) in [5.74, 6) is 0.495. The lowest BCUT2D eigenvalue weighted by molar-refractivity contribution is 0.0943. The summed E-state index contributed by atoms with van der Waals surface area (Å²) in [4.78, 5) is 18.9. The summed E-state index contributed by atoms with van der Waals surface area (Å²) in [6.45, 7) is 6.07. The molecule has 0 radical (unpaired) electrons. The first kappa shape index (κ1) is 22.5. The quantitative estimate of drug-likeness (QED) is 0.384. The van der Waals surface area contributed by atoms with Crippen molar-refractivity contribution < 1.29 is 18.0 Å². The fraction of sp³-hybridized carbons (Fsp3) is 0.231. The number of aryl methyl sites for hydroxylation is 2. The van der Waals surface area contributed by atoms with Gasteiger partial charge in [-0.05, 0) is 54.8 Å². The fourth-order valence-corrected chi connectivity index (χ4v) is 3.63. The van der Waals surface area contributed by atoms with E-state index in [9.17, 15) is 9.18 Å². The Bertz CT molecular complexity index is 1200. The Kier molecular flexibility index (Phi) is 7.00. The number of nitrogens with one attached hydrogen (secondary N) is 1. The number of furan rings is 1. The van der Waals surface area contributed by atoms with Crippen LogP contribution in [0.15, 0.2) is 76.0 Å². The molecule has 0 unspecified atom stereocenters. The first-order chi connectivity index (χ1) is 16.0. The Morgan fingerprint density at radius 3 is 2.58 bits per heavy atom. The minimum Gasteiger partial charge on any atom is -0.467 e. The number of hydrogen-bond donors (Lipinski definition) is 1. The van der Waals surface area contributed by atoms with Crippen molar-refractivity contribution in [1.29, 1.82) is 0 Å². The number of halogens is 1. The van der Waals surface area contributed by atoms with E-state index in [-0.39, 0.29) is 24.0 Å². The molecule has 0 aliphatic heterocycles. The molecule has 0 fully saturated rings. The topological polar surface area (TPSA) is 71.5 Å². The summed E-state index contributed by atoms with van der Waals surface area (Å²) < 4.78 is 24.2. The molecule has 170 valence electrons. The third kappa shape index (κ3) is 6.17. The number of benzene rings is 2. The smallest absolute Gasteiger partial charge is 0.273 e. The number of carbonyl (C=O) groups excluding carboxylic acids is 1. The van der Waals surface area contributed by atoms with Gasteiger partial charge in [-0.2, -0.15) is 0 Å². The van der Waals surface area contributed by atoms with Gasteiger partial charge in [0.1, 0.15) is 17.8 Å². The lowest BCUT2D eigenvalue weighted by Crippen LogP contribution is -2.24. The largest absolute Gasteiger partial charge is 0.467 e. The van der Waals surface area contributed by atoms with Gasteiger partial charge < -0.3 is 14.2 Å². The van der Waals surface area contributed by atoms with Crippen LogP contribution in [0.4, 0.5) is 4.39 Å². The van der Waals surface area contributed by atoms with Gasteiger partial charge in [-0.1, -0.05) is 35.9 Å². The van der Waals surface area contributed by atoms with E-state index in [0.29, 0.717) is 31.3 Å². The van der Waals surface area contributed by atoms with Crippen molar-refractivity contribution in [3.05, 3.63) is 113 Å². The van der Waals surface area contributed by atoms with E-state index in [0.717, 1.165) is 5.56 Å². The van der Waals surface area contributed by atoms with Crippen LogP contribution in [0.2, 0.25) is 0 Å². The van der Waals surface area contributed by atoms with Crippen LogP contribution in [0.3, 0.4) is 0 Å². The lowest BCUT2D eigenvalue weighted by atomic mass is 10.0. The van der Waals surface area contributed by atoms with E-state index in [2.05, 4.69) is 47.2 Å². The summed E-state index contributed by atoms with van der Waals surface area (Å²) >= 11 is 0. The molecule has 0 aliphatic carbocycles. The van der Waals surface area contributed by atoms with Gasteiger partial charge in [0.2, 0.25) is 5.89 Å². The van der Waals surface area contributed by atoms with Crippen molar-refractivity contribution in [3.8, 4) is 0 Å². The van der Waals surface area contributed by atoms with Crippen molar-refractivity contribution >= 4 is 5.91 Å². The molecule has 1 N–H and O–H groups in total. The number of aromatic nitrogens is 1. The zero-order chi connectivity index (χ0) is 23.2. The molecule has 7 heteroatoms. The normalized spacial score (nSPS) is 11.2. The lowest BCUT2D eigenvalue weighted by Gasteiger charge is -2.22. The van der Waals surface area contributed by atoms with Gasteiger partial charge in [0.25, 0.3) is 5.91 Å². The fourth-order valence-electron chi connectivity index (χ4n) is 3.63. The van der Waals surface area contributed by atoms with E-state index < -0.39 is 0 Å². The summed E-state index contributed by atoms with van der Waals surface area (Å²) in [6.07, 6.45) is 2.92. The molecule has 0 atom stereocenters. The molecule has 33 heavy (non-hydrogen) atoms. The van der Waals surface area contributed by atoms with Crippen LogP contribution in [0.1, 0.15) is 44.4 Å². The Morgan fingerprint density at radius 1 is 1.03 bits per heavy atom. The maximum absolute atomic E-state index is 13.4. The zero-order valence-electron chi connectivity index (χ0n) is 18.7. The molecule has 0 saturated heterocycles. The number of amides is 1. The Balaban J connectivity index is 1.47. The first-order valence-corrected chi connectivity index (χ1v) is 10.7. The molecular weight excluding hydrogens is 421 g/mol. The maximum Gasteiger partial charge on any atom is 0.273 e. The van der Waals surface area contributed by atoms with Gasteiger partial charge in [-0.25, -0.2) is 9.37 Å². The van der Waals surface area contributed by atoms with Crippen LogP contribution in [0, 0.1) is 19.7 Å². The van der Waals surface area contributed by atoms with E-state index in [1.54, 1.807) is 30.5 Å². The van der Waals surface area contributed by atoms with Crippen LogP contribution in [-0.4, -0.2) is 15.8 Å². The van der Waals surface area contributed by atoms with Crippen molar-refractivity contribution in [1.82, 2.24) is 15.2 Å². The van der Waals surface area contributed by atoms with Gasteiger partial charge >= 0.3 is 0 Å². The zero-order valence-corrected chi connectivity index (χ0v) is 18.7. The minimum absolute atomic E-state index is 0.213. The Hall–Kier alpha value is -3.71. The molecule has 2 aromatic carbocycles. The Morgan fingerprint density at radius 2 is 1.85 bits per heavy atom. The number of carbonyl (C=O) groups is 1. The van der Waals surface area contributed by atoms with Gasteiger partial charge in [0.15, 0.2) is 5.69 Å². The molecule has 0 aliphatic rings. The highest BCUT2D eigenvalue weighted by Gasteiger charge is 2.17.